The second-order valence-electron chi connectivity index (χ2n) is 3.47. The summed E-state index contributed by atoms with van der Waals surface area (Å²) >= 11 is 0. The van der Waals surface area contributed by atoms with Gasteiger partial charge in [-0.2, -0.15) is 13.2 Å². The van der Waals surface area contributed by atoms with Crippen LogP contribution in [-0.4, -0.2) is 15.8 Å². The highest BCUT2D eigenvalue weighted by molar-refractivity contribution is 6.08. The zero-order chi connectivity index (χ0) is 13.2. The zero-order valence-electron chi connectivity index (χ0n) is 8.98. The van der Waals surface area contributed by atoms with Crippen LogP contribution in [-0.2, 0) is 6.18 Å². The van der Waals surface area contributed by atoms with E-state index in [0.29, 0.717) is 0 Å². The third-order valence-electron chi connectivity index (χ3n) is 2.25. The van der Waals surface area contributed by atoms with E-state index in [0.717, 1.165) is 18.3 Å². The highest BCUT2D eigenvalue weighted by atomic mass is 19.4. The molecule has 18 heavy (non-hydrogen) atoms. The van der Waals surface area contributed by atoms with E-state index in [4.69, 9.17) is 0 Å². The van der Waals surface area contributed by atoms with E-state index < -0.39 is 23.2 Å². The molecular formula is C12H7F3N2O. The van der Waals surface area contributed by atoms with Crippen LogP contribution in [0.2, 0.25) is 0 Å². The third kappa shape index (κ3) is 2.37. The number of pyridine rings is 2. The molecule has 2 aromatic heterocycles. The SMILES string of the molecule is O=C(c1cccnc1)c1ncccc1C(F)(F)F. The van der Waals surface area contributed by atoms with Crippen LogP contribution < -0.4 is 0 Å². The van der Waals surface area contributed by atoms with Gasteiger partial charge in [0.15, 0.2) is 0 Å². The Morgan fingerprint density at radius 2 is 1.83 bits per heavy atom. The summed E-state index contributed by atoms with van der Waals surface area (Å²) in [5.41, 5.74) is -1.58. The minimum absolute atomic E-state index is 0.0710. The first kappa shape index (κ1) is 12.2. The lowest BCUT2D eigenvalue weighted by molar-refractivity contribution is -0.138. The van der Waals surface area contributed by atoms with E-state index in [1.807, 2.05) is 0 Å². The molecule has 0 aliphatic carbocycles. The topological polar surface area (TPSA) is 42.9 Å². The summed E-state index contributed by atoms with van der Waals surface area (Å²) in [6, 6.07) is 4.84. The zero-order valence-corrected chi connectivity index (χ0v) is 8.98. The number of nitrogens with zero attached hydrogens (tertiary/aromatic N) is 2. The lowest BCUT2D eigenvalue weighted by Crippen LogP contribution is -2.15. The van der Waals surface area contributed by atoms with Gasteiger partial charge in [0.05, 0.1) is 5.56 Å². The predicted octanol–water partition coefficient (Wildman–Crippen LogP) is 2.73. The van der Waals surface area contributed by atoms with Gasteiger partial charge in [-0.1, -0.05) is 0 Å². The fraction of sp³-hybridized carbons (Fsp3) is 0.0833. The lowest BCUT2D eigenvalue weighted by atomic mass is 10.1. The van der Waals surface area contributed by atoms with Gasteiger partial charge in [-0.25, -0.2) is 0 Å². The molecule has 6 heteroatoms. The third-order valence-corrected chi connectivity index (χ3v) is 2.25. The van der Waals surface area contributed by atoms with Crippen molar-refractivity contribution in [2.75, 3.05) is 0 Å². The Bertz CT molecular complexity index is 567. The number of halogens is 3. The lowest BCUT2D eigenvalue weighted by Gasteiger charge is -2.10. The molecule has 0 spiro atoms. The summed E-state index contributed by atoms with van der Waals surface area (Å²) in [6.45, 7) is 0. The molecule has 0 aromatic carbocycles. The molecule has 0 saturated carbocycles. The molecule has 0 aliphatic rings. The molecule has 2 heterocycles. The second-order valence-corrected chi connectivity index (χ2v) is 3.47. The Morgan fingerprint density at radius 1 is 1.11 bits per heavy atom. The van der Waals surface area contributed by atoms with Crippen molar-refractivity contribution in [1.29, 1.82) is 0 Å². The average Bonchev–Trinajstić information content (AvgIpc) is 2.38. The van der Waals surface area contributed by atoms with E-state index in [9.17, 15) is 18.0 Å². The van der Waals surface area contributed by atoms with Gasteiger partial charge >= 0.3 is 6.18 Å². The van der Waals surface area contributed by atoms with Crippen LogP contribution in [0.4, 0.5) is 13.2 Å². The van der Waals surface area contributed by atoms with Gasteiger partial charge in [0.1, 0.15) is 5.69 Å². The smallest absolute Gasteiger partial charge is 0.287 e. The Hall–Kier alpha value is -2.24. The molecule has 2 rings (SSSR count). The summed E-state index contributed by atoms with van der Waals surface area (Å²) in [5.74, 6) is -0.795. The van der Waals surface area contributed by atoms with Crippen molar-refractivity contribution in [3.8, 4) is 0 Å². The van der Waals surface area contributed by atoms with Gasteiger partial charge in [-0.3, -0.25) is 14.8 Å². The summed E-state index contributed by atoms with van der Waals surface area (Å²) in [7, 11) is 0. The van der Waals surface area contributed by atoms with E-state index >= 15 is 0 Å². The Balaban J connectivity index is 2.50. The molecule has 2 aromatic rings. The molecule has 0 aliphatic heterocycles. The first-order chi connectivity index (χ1) is 8.50. The highest BCUT2D eigenvalue weighted by Crippen LogP contribution is 2.31. The Kier molecular flexibility index (Phi) is 3.10. The van der Waals surface area contributed by atoms with Crippen LogP contribution in [0.1, 0.15) is 21.6 Å². The fourth-order valence-electron chi connectivity index (χ4n) is 1.45. The minimum Gasteiger partial charge on any atom is -0.287 e. The van der Waals surface area contributed by atoms with Crippen LogP contribution in [0.3, 0.4) is 0 Å². The Morgan fingerprint density at radius 3 is 2.44 bits per heavy atom. The summed E-state index contributed by atoms with van der Waals surface area (Å²) in [6.07, 6.45) is -0.822. The molecule has 0 atom stereocenters. The van der Waals surface area contributed by atoms with Crippen LogP contribution >= 0.6 is 0 Å². The van der Waals surface area contributed by atoms with Gasteiger partial charge in [-0.05, 0) is 24.3 Å². The van der Waals surface area contributed by atoms with E-state index in [1.165, 1.54) is 24.5 Å². The van der Waals surface area contributed by atoms with Gasteiger partial charge in [0, 0.05) is 24.2 Å². The van der Waals surface area contributed by atoms with E-state index in [2.05, 4.69) is 9.97 Å². The maximum atomic E-state index is 12.7. The van der Waals surface area contributed by atoms with E-state index in [1.54, 1.807) is 0 Å². The van der Waals surface area contributed by atoms with Gasteiger partial charge < -0.3 is 0 Å². The molecule has 0 bridgehead atoms. The van der Waals surface area contributed by atoms with Gasteiger partial charge in [0.25, 0.3) is 0 Å². The quantitative estimate of drug-likeness (QED) is 0.772. The monoisotopic (exact) mass is 252 g/mol. The average molecular weight is 252 g/mol. The number of rotatable bonds is 2. The molecule has 0 amide bonds. The standard InChI is InChI=1S/C12H7F3N2O/c13-12(14,15)9-4-2-6-17-10(9)11(18)8-3-1-5-16-7-8/h1-7H. The largest absolute Gasteiger partial charge is 0.418 e. The molecule has 0 N–H and O–H groups in total. The number of carbonyl (C=O) groups excluding carboxylic acids is 1. The number of ketones is 1. The van der Waals surface area contributed by atoms with Crippen LogP contribution in [0.5, 0.6) is 0 Å². The van der Waals surface area contributed by atoms with Crippen molar-refractivity contribution in [2.24, 2.45) is 0 Å². The van der Waals surface area contributed by atoms with Crippen LogP contribution in [0.25, 0.3) is 0 Å². The molecular weight excluding hydrogens is 245 g/mol. The first-order valence-corrected chi connectivity index (χ1v) is 4.97. The van der Waals surface area contributed by atoms with Crippen molar-refractivity contribution in [3.63, 3.8) is 0 Å². The second kappa shape index (κ2) is 4.56. The van der Waals surface area contributed by atoms with Crippen molar-refractivity contribution in [2.45, 2.75) is 6.18 Å². The van der Waals surface area contributed by atoms with Crippen molar-refractivity contribution in [3.05, 3.63) is 59.7 Å². The number of carbonyl (C=O) groups is 1. The molecule has 3 nitrogen and oxygen atoms in total. The molecule has 0 radical (unpaired) electrons. The van der Waals surface area contributed by atoms with Crippen LogP contribution in [0.15, 0.2) is 42.9 Å². The number of alkyl halides is 3. The molecule has 92 valence electrons. The summed E-state index contributed by atoms with van der Waals surface area (Å²) in [4.78, 5) is 19.1. The van der Waals surface area contributed by atoms with E-state index in [-0.39, 0.29) is 5.56 Å². The normalized spacial score (nSPS) is 11.3. The maximum absolute atomic E-state index is 12.7. The molecule has 0 fully saturated rings. The predicted molar refractivity (Wildman–Crippen MR) is 56.9 cm³/mol. The van der Waals surface area contributed by atoms with Gasteiger partial charge in [0.2, 0.25) is 5.78 Å². The fourth-order valence-corrected chi connectivity index (χ4v) is 1.45. The highest BCUT2D eigenvalue weighted by Gasteiger charge is 2.36. The number of hydrogen-bond acceptors (Lipinski definition) is 3. The molecule has 0 saturated heterocycles. The van der Waals surface area contributed by atoms with Crippen LogP contribution in [0, 0.1) is 0 Å². The van der Waals surface area contributed by atoms with Crippen molar-refractivity contribution < 1.29 is 18.0 Å². The Labute approximate surface area is 100 Å². The van der Waals surface area contributed by atoms with Crippen molar-refractivity contribution in [1.82, 2.24) is 9.97 Å². The number of hydrogen-bond donors (Lipinski definition) is 0. The van der Waals surface area contributed by atoms with Gasteiger partial charge in [-0.15, -0.1) is 0 Å². The number of aromatic nitrogens is 2. The van der Waals surface area contributed by atoms with Crippen molar-refractivity contribution >= 4 is 5.78 Å². The molecule has 0 unspecified atom stereocenters. The summed E-state index contributed by atoms with van der Waals surface area (Å²) in [5, 5.41) is 0. The minimum atomic E-state index is -4.61. The maximum Gasteiger partial charge on any atom is 0.418 e. The summed E-state index contributed by atoms with van der Waals surface area (Å²) < 4.78 is 38.1. The first-order valence-electron chi connectivity index (χ1n) is 4.97.